The molecule has 1 saturated heterocycles. The van der Waals surface area contributed by atoms with Gasteiger partial charge in [-0.1, -0.05) is 18.2 Å². The zero-order valence-corrected chi connectivity index (χ0v) is 13.0. The number of rotatable bonds is 5. The minimum Gasteiger partial charge on any atom is -0.441 e. The molecule has 1 fully saturated rings. The standard InChI is InChI=1S/C17H23N3O2/c1-14-16(13-20-9-7-19(8-10-20)11-12-21)18-17(22-14)15-5-3-2-4-6-15/h2-6,21H,7-13H2,1H3. The molecule has 5 nitrogen and oxygen atoms in total. The molecular weight excluding hydrogens is 278 g/mol. The molecule has 5 heteroatoms. The maximum Gasteiger partial charge on any atom is 0.226 e. The van der Waals surface area contributed by atoms with Gasteiger partial charge < -0.3 is 9.52 Å². The van der Waals surface area contributed by atoms with Crippen LogP contribution in [-0.4, -0.2) is 59.2 Å². The molecule has 3 rings (SSSR count). The summed E-state index contributed by atoms with van der Waals surface area (Å²) < 4.78 is 5.82. The summed E-state index contributed by atoms with van der Waals surface area (Å²) in [5.41, 5.74) is 2.04. The van der Waals surface area contributed by atoms with E-state index in [1.807, 2.05) is 37.3 Å². The number of oxazole rings is 1. The van der Waals surface area contributed by atoms with Gasteiger partial charge in [-0.25, -0.2) is 4.98 Å². The van der Waals surface area contributed by atoms with Gasteiger partial charge in [0.25, 0.3) is 0 Å². The predicted octanol–water partition coefficient (Wildman–Crippen LogP) is 1.76. The Hall–Kier alpha value is -1.69. The lowest BCUT2D eigenvalue weighted by atomic mass is 10.2. The molecule has 118 valence electrons. The van der Waals surface area contributed by atoms with E-state index in [2.05, 4.69) is 14.8 Å². The number of hydrogen-bond donors (Lipinski definition) is 1. The van der Waals surface area contributed by atoms with E-state index in [0.717, 1.165) is 56.3 Å². The van der Waals surface area contributed by atoms with E-state index in [1.165, 1.54) is 0 Å². The normalized spacial score (nSPS) is 17.0. The van der Waals surface area contributed by atoms with Crippen molar-refractivity contribution in [2.45, 2.75) is 13.5 Å². The van der Waals surface area contributed by atoms with E-state index in [4.69, 9.17) is 9.52 Å². The largest absolute Gasteiger partial charge is 0.441 e. The fourth-order valence-electron chi connectivity index (χ4n) is 2.80. The van der Waals surface area contributed by atoms with E-state index >= 15 is 0 Å². The molecule has 0 aliphatic carbocycles. The maximum absolute atomic E-state index is 8.99. The van der Waals surface area contributed by atoms with Crippen molar-refractivity contribution < 1.29 is 9.52 Å². The lowest BCUT2D eigenvalue weighted by molar-refractivity contribution is 0.107. The number of aryl methyl sites for hydroxylation is 1. The van der Waals surface area contributed by atoms with Crippen molar-refractivity contribution in [1.29, 1.82) is 0 Å². The molecular formula is C17H23N3O2. The van der Waals surface area contributed by atoms with E-state index in [-0.39, 0.29) is 6.61 Å². The van der Waals surface area contributed by atoms with Crippen LogP contribution >= 0.6 is 0 Å². The highest BCUT2D eigenvalue weighted by Gasteiger charge is 2.19. The summed E-state index contributed by atoms with van der Waals surface area (Å²) in [5.74, 6) is 1.60. The molecule has 22 heavy (non-hydrogen) atoms. The van der Waals surface area contributed by atoms with E-state index in [9.17, 15) is 0 Å². The van der Waals surface area contributed by atoms with Crippen LogP contribution in [0.4, 0.5) is 0 Å². The topological polar surface area (TPSA) is 52.7 Å². The first-order chi connectivity index (χ1) is 10.8. The van der Waals surface area contributed by atoms with Crippen LogP contribution in [0, 0.1) is 6.92 Å². The monoisotopic (exact) mass is 301 g/mol. The molecule has 1 aliphatic heterocycles. The molecule has 0 spiro atoms. The second-order valence-electron chi connectivity index (χ2n) is 5.73. The first kappa shape index (κ1) is 15.2. The number of hydrogen-bond acceptors (Lipinski definition) is 5. The fourth-order valence-corrected chi connectivity index (χ4v) is 2.80. The Morgan fingerprint density at radius 3 is 2.45 bits per heavy atom. The number of benzene rings is 1. The average Bonchev–Trinajstić information content (AvgIpc) is 2.91. The van der Waals surface area contributed by atoms with Crippen molar-refractivity contribution in [3.63, 3.8) is 0 Å². The summed E-state index contributed by atoms with van der Waals surface area (Å²) in [7, 11) is 0. The molecule has 1 aromatic heterocycles. The van der Waals surface area contributed by atoms with Crippen LogP contribution in [0.2, 0.25) is 0 Å². The molecule has 0 unspecified atom stereocenters. The van der Waals surface area contributed by atoms with Crippen LogP contribution in [0.25, 0.3) is 11.5 Å². The summed E-state index contributed by atoms with van der Waals surface area (Å²) in [6.07, 6.45) is 0. The van der Waals surface area contributed by atoms with Gasteiger partial charge in [0.1, 0.15) is 5.76 Å². The molecule has 0 bridgehead atoms. The number of aromatic nitrogens is 1. The van der Waals surface area contributed by atoms with Gasteiger partial charge in [-0.05, 0) is 19.1 Å². The van der Waals surface area contributed by atoms with Crippen molar-refractivity contribution in [2.75, 3.05) is 39.3 Å². The number of nitrogens with zero attached hydrogens (tertiary/aromatic N) is 3. The smallest absolute Gasteiger partial charge is 0.226 e. The van der Waals surface area contributed by atoms with Gasteiger partial charge in [-0.2, -0.15) is 0 Å². The number of piperazine rings is 1. The average molecular weight is 301 g/mol. The molecule has 2 aromatic rings. The van der Waals surface area contributed by atoms with Gasteiger partial charge in [0, 0.05) is 44.8 Å². The zero-order chi connectivity index (χ0) is 15.4. The van der Waals surface area contributed by atoms with E-state index < -0.39 is 0 Å². The highest BCUT2D eigenvalue weighted by Crippen LogP contribution is 2.22. The van der Waals surface area contributed by atoms with Crippen molar-refractivity contribution in [3.8, 4) is 11.5 Å². The Balaban J connectivity index is 1.63. The highest BCUT2D eigenvalue weighted by molar-refractivity contribution is 5.53. The Kier molecular flexibility index (Phi) is 4.87. The Morgan fingerprint density at radius 2 is 1.77 bits per heavy atom. The van der Waals surface area contributed by atoms with Crippen molar-refractivity contribution in [2.24, 2.45) is 0 Å². The molecule has 0 saturated carbocycles. The minimum absolute atomic E-state index is 0.239. The minimum atomic E-state index is 0.239. The van der Waals surface area contributed by atoms with Crippen molar-refractivity contribution in [3.05, 3.63) is 41.8 Å². The molecule has 1 aliphatic rings. The second kappa shape index (κ2) is 7.05. The Labute approximate surface area is 131 Å². The van der Waals surface area contributed by atoms with Gasteiger partial charge >= 0.3 is 0 Å². The lowest BCUT2D eigenvalue weighted by Crippen LogP contribution is -2.46. The van der Waals surface area contributed by atoms with Gasteiger partial charge in [-0.3, -0.25) is 9.80 Å². The third kappa shape index (κ3) is 3.55. The Morgan fingerprint density at radius 1 is 1.09 bits per heavy atom. The van der Waals surface area contributed by atoms with E-state index in [0.29, 0.717) is 5.89 Å². The van der Waals surface area contributed by atoms with Crippen molar-refractivity contribution in [1.82, 2.24) is 14.8 Å². The highest BCUT2D eigenvalue weighted by atomic mass is 16.4. The predicted molar refractivity (Wildman–Crippen MR) is 85.5 cm³/mol. The number of β-amino-alcohol motifs (C(OH)–C–C–N with tert-alkyl or cyclic N) is 1. The second-order valence-corrected chi connectivity index (χ2v) is 5.73. The van der Waals surface area contributed by atoms with Crippen molar-refractivity contribution >= 4 is 0 Å². The maximum atomic E-state index is 8.99. The third-order valence-corrected chi connectivity index (χ3v) is 4.17. The number of aliphatic hydroxyl groups excluding tert-OH is 1. The molecule has 2 heterocycles. The van der Waals surface area contributed by atoms with Gasteiger partial charge in [0.2, 0.25) is 5.89 Å². The Bertz CT molecular complexity index is 589. The fraction of sp³-hybridized carbons (Fsp3) is 0.471. The van der Waals surface area contributed by atoms with Gasteiger partial charge in [0.15, 0.2) is 0 Å². The van der Waals surface area contributed by atoms with Gasteiger partial charge in [-0.15, -0.1) is 0 Å². The molecule has 1 aromatic carbocycles. The summed E-state index contributed by atoms with van der Waals surface area (Å²) in [5, 5.41) is 8.99. The molecule has 0 atom stereocenters. The summed E-state index contributed by atoms with van der Waals surface area (Å²) in [4.78, 5) is 9.36. The van der Waals surface area contributed by atoms with Crippen LogP contribution in [0.3, 0.4) is 0 Å². The lowest BCUT2D eigenvalue weighted by Gasteiger charge is -2.33. The SMILES string of the molecule is Cc1oc(-c2ccccc2)nc1CN1CCN(CCO)CC1. The summed E-state index contributed by atoms with van der Waals surface area (Å²) >= 11 is 0. The van der Waals surface area contributed by atoms with Crippen LogP contribution < -0.4 is 0 Å². The zero-order valence-electron chi connectivity index (χ0n) is 13.0. The summed E-state index contributed by atoms with van der Waals surface area (Å²) in [6, 6.07) is 10.0. The summed E-state index contributed by atoms with van der Waals surface area (Å²) in [6.45, 7) is 7.84. The third-order valence-electron chi connectivity index (χ3n) is 4.17. The van der Waals surface area contributed by atoms with Gasteiger partial charge in [0.05, 0.1) is 12.3 Å². The number of aliphatic hydroxyl groups is 1. The first-order valence-corrected chi connectivity index (χ1v) is 7.83. The first-order valence-electron chi connectivity index (χ1n) is 7.83. The molecule has 0 radical (unpaired) electrons. The van der Waals surface area contributed by atoms with E-state index in [1.54, 1.807) is 0 Å². The molecule has 1 N–H and O–H groups in total. The van der Waals surface area contributed by atoms with Crippen LogP contribution in [-0.2, 0) is 6.54 Å². The van der Waals surface area contributed by atoms with Crippen LogP contribution in [0.1, 0.15) is 11.5 Å². The quantitative estimate of drug-likeness (QED) is 0.912. The van der Waals surface area contributed by atoms with Crippen LogP contribution in [0.5, 0.6) is 0 Å². The molecule has 0 amide bonds. The van der Waals surface area contributed by atoms with Crippen LogP contribution in [0.15, 0.2) is 34.7 Å².